The number of hydrogen-bond donors (Lipinski definition) is 0. The van der Waals surface area contributed by atoms with Crippen molar-refractivity contribution in [2.45, 2.75) is 56.8 Å². The number of rotatable bonds is 5. The highest BCUT2D eigenvalue weighted by Gasteiger charge is 2.41. The summed E-state index contributed by atoms with van der Waals surface area (Å²) in [4.78, 5) is 19.7. The fraction of sp³-hybridized carbons (Fsp3) is 0.857. The van der Waals surface area contributed by atoms with Crippen LogP contribution < -0.4 is 0 Å². The van der Waals surface area contributed by atoms with E-state index in [2.05, 4.69) is 17.1 Å². The molecular formula is C21H33N5O5S. The predicted molar refractivity (Wildman–Crippen MR) is 115 cm³/mol. The van der Waals surface area contributed by atoms with Crippen LogP contribution in [0.25, 0.3) is 0 Å². The fourth-order valence-corrected chi connectivity index (χ4v) is 6.56. The minimum atomic E-state index is -3.47. The summed E-state index contributed by atoms with van der Waals surface area (Å²) in [5.41, 5.74) is -0.164. The lowest BCUT2D eigenvalue weighted by Crippen LogP contribution is -2.52. The van der Waals surface area contributed by atoms with Crippen LogP contribution in [0.1, 0.15) is 63.1 Å². The van der Waals surface area contributed by atoms with E-state index in [9.17, 15) is 13.2 Å². The standard InChI is InChI=1S/C21H33N5O5S/c1-21(20-22-18(31-23-20)16-2-3-16)6-10-24(11-7-21)19(27)17-4-8-25(9-5-17)32(28,29)26-12-14-30-15-13-26/h16-17H,2-15H2,1H3. The first-order valence-corrected chi connectivity index (χ1v) is 13.2. The van der Waals surface area contributed by atoms with Gasteiger partial charge in [0.05, 0.1) is 13.2 Å². The predicted octanol–water partition coefficient (Wildman–Crippen LogP) is 1.12. The number of carbonyl (C=O) groups is 1. The summed E-state index contributed by atoms with van der Waals surface area (Å²) in [5, 5.41) is 4.24. The smallest absolute Gasteiger partial charge is 0.282 e. The van der Waals surface area contributed by atoms with Crippen LogP contribution in [0, 0.1) is 5.92 Å². The normalized spacial score (nSPS) is 26.3. The Morgan fingerprint density at radius 3 is 2.22 bits per heavy atom. The number of aromatic nitrogens is 2. The van der Waals surface area contributed by atoms with Crippen LogP contribution in [0.2, 0.25) is 0 Å². The van der Waals surface area contributed by atoms with E-state index in [1.807, 2.05) is 4.90 Å². The van der Waals surface area contributed by atoms with Crippen molar-refractivity contribution in [3.63, 3.8) is 0 Å². The summed E-state index contributed by atoms with van der Waals surface area (Å²) in [7, 11) is -3.47. The third kappa shape index (κ3) is 4.32. The second kappa shape index (κ2) is 8.66. The van der Waals surface area contributed by atoms with Crippen LogP contribution in [0.3, 0.4) is 0 Å². The number of amides is 1. The molecule has 1 aromatic rings. The molecule has 4 fully saturated rings. The zero-order chi connectivity index (χ0) is 22.3. The van der Waals surface area contributed by atoms with E-state index in [1.54, 1.807) is 0 Å². The summed E-state index contributed by atoms with van der Waals surface area (Å²) in [6, 6.07) is 0. The van der Waals surface area contributed by atoms with Gasteiger partial charge >= 0.3 is 0 Å². The van der Waals surface area contributed by atoms with Crippen molar-refractivity contribution >= 4 is 16.1 Å². The van der Waals surface area contributed by atoms with E-state index in [-0.39, 0.29) is 17.2 Å². The molecule has 1 aromatic heterocycles. The molecule has 1 amide bonds. The van der Waals surface area contributed by atoms with Crippen LogP contribution in [0.4, 0.5) is 0 Å². The van der Waals surface area contributed by atoms with Gasteiger partial charge in [-0.25, -0.2) is 0 Å². The van der Waals surface area contributed by atoms with Gasteiger partial charge in [-0.15, -0.1) is 0 Å². The van der Waals surface area contributed by atoms with E-state index in [1.165, 1.54) is 8.61 Å². The average Bonchev–Trinajstić information content (AvgIpc) is 3.55. The van der Waals surface area contributed by atoms with Gasteiger partial charge in [0.25, 0.3) is 10.2 Å². The van der Waals surface area contributed by atoms with E-state index < -0.39 is 10.2 Å². The van der Waals surface area contributed by atoms with Crippen LogP contribution in [0.5, 0.6) is 0 Å². The molecule has 0 bridgehead atoms. The lowest BCUT2D eigenvalue weighted by Gasteiger charge is -2.40. The maximum absolute atomic E-state index is 13.1. The van der Waals surface area contributed by atoms with Crippen LogP contribution in [0.15, 0.2) is 4.52 Å². The Bertz CT molecular complexity index is 924. The first kappa shape index (κ1) is 22.2. The minimum absolute atomic E-state index is 0.109. The summed E-state index contributed by atoms with van der Waals surface area (Å²) >= 11 is 0. The highest BCUT2D eigenvalue weighted by Crippen LogP contribution is 2.41. The Labute approximate surface area is 189 Å². The summed E-state index contributed by atoms with van der Waals surface area (Å²) in [5.74, 6) is 2.02. The molecule has 0 aromatic carbocycles. The van der Waals surface area contributed by atoms with Gasteiger partial charge < -0.3 is 14.2 Å². The van der Waals surface area contributed by atoms with Crippen molar-refractivity contribution in [1.29, 1.82) is 0 Å². The molecule has 0 spiro atoms. The highest BCUT2D eigenvalue weighted by atomic mass is 32.2. The van der Waals surface area contributed by atoms with Crippen molar-refractivity contribution in [3.8, 4) is 0 Å². The third-order valence-electron chi connectivity index (χ3n) is 7.51. The maximum atomic E-state index is 13.1. The Morgan fingerprint density at radius 2 is 1.59 bits per heavy atom. The monoisotopic (exact) mass is 467 g/mol. The fourth-order valence-electron chi connectivity index (χ4n) is 4.95. The van der Waals surface area contributed by atoms with Crippen molar-refractivity contribution in [2.24, 2.45) is 5.92 Å². The molecule has 11 heteroatoms. The number of nitrogens with zero attached hydrogens (tertiary/aromatic N) is 5. The molecule has 1 saturated carbocycles. The van der Waals surface area contributed by atoms with Gasteiger partial charge in [0.2, 0.25) is 11.8 Å². The maximum Gasteiger partial charge on any atom is 0.282 e. The lowest BCUT2D eigenvalue weighted by atomic mass is 9.79. The van der Waals surface area contributed by atoms with E-state index >= 15 is 0 Å². The highest BCUT2D eigenvalue weighted by molar-refractivity contribution is 7.86. The summed E-state index contributed by atoms with van der Waals surface area (Å²) in [6.07, 6.45) is 5.04. The Hall–Kier alpha value is -1.56. The molecule has 4 aliphatic rings. The zero-order valence-corrected chi connectivity index (χ0v) is 19.6. The minimum Gasteiger partial charge on any atom is -0.379 e. The molecule has 1 aliphatic carbocycles. The summed E-state index contributed by atoms with van der Waals surface area (Å²) in [6.45, 7) is 5.98. The van der Waals surface area contributed by atoms with E-state index in [0.29, 0.717) is 71.2 Å². The number of carbonyl (C=O) groups excluding carboxylic acids is 1. The molecule has 4 heterocycles. The van der Waals surface area contributed by atoms with Crippen molar-refractivity contribution in [3.05, 3.63) is 11.7 Å². The Morgan fingerprint density at radius 1 is 0.969 bits per heavy atom. The Kier molecular flexibility index (Phi) is 6.02. The molecule has 3 aliphatic heterocycles. The van der Waals surface area contributed by atoms with Gasteiger partial charge in [0, 0.05) is 56.5 Å². The molecule has 0 atom stereocenters. The molecule has 0 radical (unpaired) electrons. The molecule has 32 heavy (non-hydrogen) atoms. The van der Waals surface area contributed by atoms with Crippen LogP contribution in [-0.2, 0) is 25.2 Å². The first-order chi connectivity index (χ1) is 15.4. The molecule has 0 unspecified atom stereocenters. The number of hydrogen-bond acceptors (Lipinski definition) is 7. The lowest BCUT2D eigenvalue weighted by molar-refractivity contribution is -0.138. The van der Waals surface area contributed by atoms with Gasteiger partial charge in [-0.3, -0.25) is 4.79 Å². The topological polar surface area (TPSA) is 109 Å². The van der Waals surface area contributed by atoms with Gasteiger partial charge in [0.15, 0.2) is 5.82 Å². The number of morpholine rings is 1. The molecule has 0 N–H and O–H groups in total. The summed E-state index contributed by atoms with van der Waals surface area (Å²) < 4.78 is 39.5. The Balaban J connectivity index is 1.13. The molecule has 10 nitrogen and oxygen atoms in total. The number of piperidine rings is 2. The van der Waals surface area contributed by atoms with Gasteiger partial charge in [-0.1, -0.05) is 12.1 Å². The van der Waals surface area contributed by atoms with Gasteiger partial charge in [0.1, 0.15) is 0 Å². The molecule has 178 valence electrons. The average molecular weight is 468 g/mol. The second-order valence-corrected chi connectivity index (χ2v) is 11.7. The van der Waals surface area contributed by atoms with Crippen LogP contribution in [-0.4, -0.2) is 90.5 Å². The first-order valence-electron chi connectivity index (χ1n) is 11.8. The van der Waals surface area contributed by atoms with Crippen molar-refractivity contribution < 1.29 is 22.5 Å². The SMILES string of the molecule is CC1(c2noc(C3CC3)n2)CCN(C(=O)C2CCN(S(=O)(=O)N3CCOCC3)CC2)CC1. The van der Waals surface area contributed by atoms with Crippen LogP contribution >= 0.6 is 0 Å². The largest absolute Gasteiger partial charge is 0.379 e. The van der Waals surface area contributed by atoms with Gasteiger partial charge in [-0.2, -0.15) is 22.0 Å². The molecule has 5 rings (SSSR count). The number of ether oxygens (including phenoxy) is 1. The quantitative estimate of drug-likeness (QED) is 0.638. The van der Waals surface area contributed by atoms with E-state index in [0.717, 1.165) is 37.4 Å². The number of likely N-dealkylation sites (tertiary alicyclic amines) is 1. The third-order valence-corrected chi connectivity index (χ3v) is 9.55. The molecular weight excluding hydrogens is 434 g/mol. The second-order valence-electron chi connectivity index (χ2n) is 9.81. The zero-order valence-electron chi connectivity index (χ0n) is 18.7. The van der Waals surface area contributed by atoms with Gasteiger partial charge in [-0.05, 0) is 38.5 Å². The van der Waals surface area contributed by atoms with Crippen molar-refractivity contribution in [2.75, 3.05) is 52.5 Å². The molecule has 3 saturated heterocycles. The van der Waals surface area contributed by atoms with Crippen molar-refractivity contribution in [1.82, 2.24) is 23.7 Å². The van der Waals surface area contributed by atoms with E-state index in [4.69, 9.17) is 9.26 Å².